The van der Waals surface area contributed by atoms with Gasteiger partial charge in [-0.05, 0) is 35.4 Å². The van der Waals surface area contributed by atoms with Gasteiger partial charge in [-0.3, -0.25) is 0 Å². The zero-order chi connectivity index (χ0) is 13.4. The van der Waals surface area contributed by atoms with Crippen LogP contribution < -0.4 is 0 Å². The molecule has 0 saturated carbocycles. The molecule has 0 fully saturated rings. The van der Waals surface area contributed by atoms with Crippen molar-refractivity contribution >= 4 is 0 Å². The quantitative estimate of drug-likeness (QED) is 0.886. The van der Waals surface area contributed by atoms with E-state index in [4.69, 9.17) is 0 Å². The first kappa shape index (κ1) is 12.4. The van der Waals surface area contributed by atoms with Crippen molar-refractivity contribution < 1.29 is 5.11 Å². The number of aliphatic hydroxyl groups is 1. The average molecular weight is 256 g/mol. The van der Waals surface area contributed by atoms with Crippen molar-refractivity contribution in [2.24, 2.45) is 5.92 Å². The topological polar surface area (TPSA) is 48.9 Å². The van der Waals surface area contributed by atoms with E-state index in [9.17, 15) is 5.11 Å². The van der Waals surface area contributed by atoms with Crippen LogP contribution >= 0.6 is 0 Å². The molecule has 0 amide bonds. The number of hydrogen-bond acceptors (Lipinski definition) is 2. The summed E-state index contributed by atoms with van der Waals surface area (Å²) in [4.78, 5) is 7.36. The van der Waals surface area contributed by atoms with Crippen LogP contribution in [-0.4, -0.2) is 15.1 Å². The van der Waals surface area contributed by atoms with Crippen LogP contribution in [0.15, 0.2) is 30.7 Å². The zero-order valence-corrected chi connectivity index (χ0v) is 11.4. The van der Waals surface area contributed by atoms with Crippen LogP contribution in [0.25, 0.3) is 0 Å². The molecular formula is C16H20N2O. The molecule has 0 bridgehead atoms. The summed E-state index contributed by atoms with van der Waals surface area (Å²) in [6, 6.07) is 6.49. The van der Waals surface area contributed by atoms with Crippen LogP contribution in [0.5, 0.6) is 0 Å². The van der Waals surface area contributed by atoms with E-state index in [1.54, 1.807) is 6.33 Å². The van der Waals surface area contributed by atoms with Crippen LogP contribution in [0.2, 0.25) is 0 Å². The summed E-state index contributed by atoms with van der Waals surface area (Å²) in [6.07, 6.45) is 5.10. The van der Waals surface area contributed by atoms with Crippen LogP contribution in [0.3, 0.4) is 0 Å². The Morgan fingerprint density at radius 3 is 2.89 bits per heavy atom. The summed E-state index contributed by atoms with van der Waals surface area (Å²) in [7, 11) is 0. The van der Waals surface area contributed by atoms with Gasteiger partial charge in [-0.2, -0.15) is 0 Å². The number of benzene rings is 1. The summed E-state index contributed by atoms with van der Waals surface area (Å²) in [6.45, 7) is 4.46. The molecule has 1 aliphatic rings. The minimum absolute atomic E-state index is 0.225. The number of imidazole rings is 1. The fraction of sp³-hybridized carbons (Fsp3) is 0.438. The Bertz CT molecular complexity index is 560. The van der Waals surface area contributed by atoms with E-state index in [2.05, 4.69) is 42.0 Å². The van der Waals surface area contributed by atoms with Gasteiger partial charge in [-0.1, -0.05) is 32.0 Å². The molecule has 19 heavy (non-hydrogen) atoms. The normalized spacial score (nSPS) is 21.9. The summed E-state index contributed by atoms with van der Waals surface area (Å²) in [5.74, 6) is 0.872. The van der Waals surface area contributed by atoms with E-state index in [1.807, 2.05) is 6.20 Å². The maximum atomic E-state index is 10.2. The Balaban J connectivity index is 1.99. The lowest BCUT2D eigenvalue weighted by atomic mass is 9.94. The monoisotopic (exact) mass is 256 g/mol. The van der Waals surface area contributed by atoms with Gasteiger partial charge in [-0.15, -0.1) is 0 Å². The molecule has 1 aromatic heterocycles. The molecule has 2 N–H and O–H groups in total. The van der Waals surface area contributed by atoms with Crippen molar-refractivity contribution in [1.29, 1.82) is 0 Å². The molecule has 1 aliphatic carbocycles. The predicted molar refractivity (Wildman–Crippen MR) is 75.0 cm³/mol. The highest BCUT2D eigenvalue weighted by atomic mass is 16.3. The zero-order valence-electron chi connectivity index (χ0n) is 11.4. The summed E-state index contributed by atoms with van der Waals surface area (Å²) in [5, 5.41) is 10.2. The third-order valence-corrected chi connectivity index (χ3v) is 3.86. The molecule has 3 heteroatoms. The van der Waals surface area contributed by atoms with Gasteiger partial charge in [0.25, 0.3) is 0 Å². The molecule has 2 unspecified atom stereocenters. The van der Waals surface area contributed by atoms with Gasteiger partial charge in [0.1, 0.15) is 0 Å². The first-order valence-electron chi connectivity index (χ1n) is 6.94. The SMILES string of the molecule is CC(C)Cc1ccc2c(c1)C(c1c[nH]cn1)CC2O. The van der Waals surface area contributed by atoms with Crippen LogP contribution in [0, 0.1) is 5.92 Å². The number of rotatable bonds is 3. The highest BCUT2D eigenvalue weighted by Gasteiger charge is 2.31. The highest BCUT2D eigenvalue weighted by molar-refractivity contribution is 5.44. The Kier molecular flexibility index (Phi) is 3.15. The van der Waals surface area contributed by atoms with Crippen molar-refractivity contribution in [3.05, 3.63) is 53.1 Å². The largest absolute Gasteiger partial charge is 0.388 e. The molecule has 0 spiro atoms. The summed E-state index contributed by atoms with van der Waals surface area (Å²) in [5.41, 5.74) is 4.70. The number of fused-ring (bicyclic) bond motifs is 1. The second-order valence-corrected chi connectivity index (χ2v) is 5.86. The van der Waals surface area contributed by atoms with Crippen molar-refractivity contribution in [2.45, 2.75) is 38.7 Å². The van der Waals surface area contributed by atoms with Gasteiger partial charge in [0, 0.05) is 12.1 Å². The number of aliphatic hydroxyl groups excluding tert-OH is 1. The van der Waals surface area contributed by atoms with Crippen LogP contribution in [-0.2, 0) is 6.42 Å². The van der Waals surface area contributed by atoms with Crippen LogP contribution in [0.1, 0.15) is 54.7 Å². The molecule has 0 radical (unpaired) electrons. The third kappa shape index (κ3) is 2.30. The van der Waals surface area contributed by atoms with E-state index in [0.717, 1.165) is 24.1 Å². The minimum atomic E-state index is -0.357. The molecule has 1 aromatic carbocycles. The maximum Gasteiger partial charge on any atom is 0.0923 e. The lowest BCUT2D eigenvalue weighted by molar-refractivity contribution is 0.176. The number of H-pyrrole nitrogens is 1. The van der Waals surface area contributed by atoms with Crippen molar-refractivity contribution in [2.75, 3.05) is 0 Å². The number of aromatic amines is 1. The van der Waals surface area contributed by atoms with E-state index < -0.39 is 0 Å². The molecule has 3 rings (SSSR count). The Morgan fingerprint density at radius 2 is 2.21 bits per heavy atom. The minimum Gasteiger partial charge on any atom is -0.388 e. The second-order valence-electron chi connectivity index (χ2n) is 5.86. The van der Waals surface area contributed by atoms with Gasteiger partial charge in [-0.25, -0.2) is 4.98 Å². The lowest BCUT2D eigenvalue weighted by Gasteiger charge is -2.11. The highest BCUT2D eigenvalue weighted by Crippen LogP contribution is 2.43. The number of nitrogens with one attached hydrogen (secondary N) is 1. The first-order chi connectivity index (χ1) is 9.15. The summed E-state index contributed by atoms with van der Waals surface area (Å²) >= 11 is 0. The van der Waals surface area contributed by atoms with Crippen molar-refractivity contribution in [3.8, 4) is 0 Å². The molecule has 2 aromatic rings. The molecule has 2 atom stereocenters. The molecule has 3 nitrogen and oxygen atoms in total. The van der Waals surface area contributed by atoms with Crippen molar-refractivity contribution in [1.82, 2.24) is 9.97 Å². The Labute approximate surface area is 113 Å². The standard InChI is InChI=1S/C16H20N2O/c1-10(2)5-11-3-4-12-13(6-11)14(7-16(12)19)15-8-17-9-18-15/h3-4,6,8-10,14,16,19H,5,7H2,1-2H3,(H,17,18). The maximum absolute atomic E-state index is 10.2. The van der Waals surface area contributed by atoms with E-state index in [-0.39, 0.29) is 12.0 Å². The Hall–Kier alpha value is -1.61. The number of nitrogens with zero attached hydrogens (tertiary/aromatic N) is 1. The fourth-order valence-corrected chi connectivity index (χ4v) is 3.05. The van der Waals surface area contributed by atoms with E-state index in [1.165, 1.54) is 11.1 Å². The van der Waals surface area contributed by atoms with Gasteiger partial charge in [0.2, 0.25) is 0 Å². The van der Waals surface area contributed by atoms with Crippen LogP contribution in [0.4, 0.5) is 0 Å². The molecule has 0 aliphatic heterocycles. The molecule has 1 heterocycles. The van der Waals surface area contributed by atoms with E-state index >= 15 is 0 Å². The van der Waals surface area contributed by atoms with Gasteiger partial charge < -0.3 is 10.1 Å². The van der Waals surface area contributed by atoms with E-state index in [0.29, 0.717) is 5.92 Å². The number of hydrogen-bond donors (Lipinski definition) is 2. The average Bonchev–Trinajstić information content (AvgIpc) is 2.97. The lowest BCUT2D eigenvalue weighted by Crippen LogP contribution is -1.99. The fourth-order valence-electron chi connectivity index (χ4n) is 3.05. The van der Waals surface area contributed by atoms with Gasteiger partial charge >= 0.3 is 0 Å². The van der Waals surface area contributed by atoms with Gasteiger partial charge in [0.15, 0.2) is 0 Å². The second kappa shape index (κ2) is 4.82. The summed E-state index contributed by atoms with van der Waals surface area (Å²) < 4.78 is 0. The first-order valence-corrected chi connectivity index (χ1v) is 6.94. The smallest absolute Gasteiger partial charge is 0.0923 e. The third-order valence-electron chi connectivity index (χ3n) is 3.86. The predicted octanol–water partition coefficient (Wildman–Crippen LogP) is 3.18. The molecular weight excluding hydrogens is 236 g/mol. The Morgan fingerprint density at radius 1 is 1.37 bits per heavy atom. The van der Waals surface area contributed by atoms with Gasteiger partial charge in [0.05, 0.1) is 18.1 Å². The number of aromatic nitrogens is 2. The van der Waals surface area contributed by atoms with Crippen molar-refractivity contribution in [3.63, 3.8) is 0 Å². The molecule has 0 saturated heterocycles. The molecule has 100 valence electrons.